The van der Waals surface area contributed by atoms with Gasteiger partial charge >= 0.3 is 0 Å². The molecule has 1 amide bonds. The Bertz CT molecular complexity index is 596. The first-order valence-corrected chi connectivity index (χ1v) is 7.11. The SMILES string of the molecule is CCN[C@H](C)CNC(=O)c1cn(-c2ccc(C)cc2)nn1.Cl. The second kappa shape index (κ2) is 8.51. The molecule has 2 aromatic rings. The summed E-state index contributed by atoms with van der Waals surface area (Å²) in [4.78, 5) is 12.0. The van der Waals surface area contributed by atoms with E-state index in [4.69, 9.17) is 0 Å². The van der Waals surface area contributed by atoms with Crippen molar-refractivity contribution in [1.29, 1.82) is 0 Å². The standard InChI is InChI=1S/C15H21N5O.ClH/c1-4-16-12(3)9-17-15(21)14-10-20(19-18-14)13-7-5-11(2)6-8-13;/h5-8,10,12,16H,4,9H2,1-3H3,(H,17,21);1H/t12-;/m1./s1. The van der Waals surface area contributed by atoms with Crippen LogP contribution >= 0.6 is 12.4 Å². The summed E-state index contributed by atoms with van der Waals surface area (Å²) >= 11 is 0. The zero-order valence-corrected chi connectivity index (χ0v) is 13.9. The molecule has 1 aromatic heterocycles. The zero-order chi connectivity index (χ0) is 15.2. The molecule has 120 valence electrons. The third-order valence-electron chi connectivity index (χ3n) is 3.15. The predicted octanol–water partition coefficient (Wildman–Crippen LogP) is 1.73. The molecule has 1 aromatic carbocycles. The number of hydrogen-bond donors (Lipinski definition) is 2. The highest BCUT2D eigenvalue weighted by Crippen LogP contribution is 2.08. The Morgan fingerprint density at radius 1 is 1.32 bits per heavy atom. The van der Waals surface area contributed by atoms with Crippen LogP contribution in [0.5, 0.6) is 0 Å². The van der Waals surface area contributed by atoms with Crippen LogP contribution in [0.1, 0.15) is 29.9 Å². The molecule has 0 aliphatic heterocycles. The van der Waals surface area contributed by atoms with Gasteiger partial charge in [0, 0.05) is 12.6 Å². The molecule has 0 aliphatic carbocycles. The van der Waals surface area contributed by atoms with E-state index >= 15 is 0 Å². The van der Waals surface area contributed by atoms with E-state index in [0.717, 1.165) is 12.2 Å². The molecule has 0 radical (unpaired) electrons. The van der Waals surface area contributed by atoms with Crippen molar-refractivity contribution in [2.75, 3.05) is 13.1 Å². The van der Waals surface area contributed by atoms with E-state index in [9.17, 15) is 4.79 Å². The van der Waals surface area contributed by atoms with E-state index in [1.165, 1.54) is 5.56 Å². The van der Waals surface area contributed by atoms with Gasteiger partial charge in [-0.3, -0.25) is 4.79 Å². The number of carbonyl (C=O) groups is 1. The van der Waals surface area contributed by atoms with Crippen LogP contribution in [0.25, 0.3) is 5.69 Å². The van der Waals surface area contributed by atoms with Crippen LogP contribution < -0.4 is 10.6 Å². The second-order valence-electron chi connectivity index (χ2n) is 5.05. The highest BCUT2D eigenvalue weighted by Gasteiger charge is 2.12. The van der Waals surface area contributed by atoms with E-state index in [-0.39, 0.29) is 24.4 Å². The van der Waals surface area contributed by atoms with Crippen molar-refractivity contribution in [3.05, 3.63) is 41.7 Å². The zero-order valence-electron chi connectivity index (χ0n) is 13.0. The van der Waals surface area contributed by atoms with Crippen LogP contribution in [-0.2, 0) is 0 Å². The van der Waals surface area contributed by atoms with Gasteiger partial charge in [-0.15, -0.1) is 17.5 Å². The topological polar surface area (TPSA) is 71.8 Å². The normalized spacial score (nSPS) is 11.6. The lowest BCUT2D eigenvalue weighted by Crippen LogP contribution is -2.38. The number of benzene rings is 1. The van der Waals surface area contributed by atoms with Gasteiger partial charge in [-0.1, -0.05) is 29.8 Å². The Balaban J connectivity index is 0.00000242. The number of amides is 1. The number of aryl methyl sites for hydroxylation is 1. The lowest BCUT2D eigenvalue weighted by Gasteiger charge is -2.12. The molecule has 2 rings (SSSR count). The Morgan fingerprint density at radius 3 is 2.64 bits per heavy atom. The fourth-order valence-corrected chi connectivity index (χ4v) is 1.95. The van der Waals surface area contributed by atoms with Gasteiger partial charge in [0.15, 0.2) is 5.69 Å². The van der Waals surface area contributed by atoms with E-state index in [1.54, 1.807) is 10.9 Å². The van der Waals surface area contributed by atoms with Crippen LogP contribution in [0.15, 0.2) is 30.5 Å². The number of aromatic nitrogens is 3. The molecule has 2 N–H and O–H groups in total. The maximum Gasteiger partial charge on any atom is 0.273 e. The average Bonchev–Trinajstić information content (AvgIpc) is 2.96. The highest BCUT2D eigenvalue weighted by molar-refractivity contribution is 5.91. The van der Waals surface area contributed by atoms with Crippen LogP contribution in [0.2, 0.25) is 0 Å². The minimum absolute atomic E-state index is 0. The maximum absolute atomic E-state index is 12.0. The van der Waals surface area contributed by atoms with Crippen LogP contribution in [0, 0.1) is 6.92 Å². The first kappa shape index (κ1) is 18.1. The summed E-state index contributed by atoms with van der Waals surface area (Å²) in [5.74, 6) is -0.210. The average molecular weight is 324 g/mol. The van der Waals surface area contributed by atoms with E-state index in [2.05, 4.69) is 20.9 Å². The molecular weight excluding hydrogens is 302 g/mol. The third kappa shape index (κ3) is 4.82. The van der Waals surface area contributed by atoms with Gasteiger partial charge in [0.2, 0.25) is 0 Å². The molecular formula is C15H22ClN5O. The van der Waals surface area contributed by atoms with E-state index in [0.29, 0.717) is 12.2 Å². The number of likely N-dealkylation sites (N-methyl/N-ethyl adjacent to an activating group) is 1. The molecule has 0 bridgehead atoms. The summed E-state index contributed by atoms with van der Waals surface area (Å²) in [6, 6.07) is 8.10. The summed E-state index contributed by atoms with van der Waals surface area (Å²) in [7, 11) is 0. The highest BCUT2D eigenvalue weighted by atomic mass is 35.5. The lowest BCUT2D eigenvalue weighted by molar-refractivity contribution is 0.0945. The van der Waals surface area contributed by atoms with Crippen molar-refractivity contribution >= 4 is 18.3 Å². The van der Waals surface area contributed by atoms with Crippen molar-refractivity contribution in [2.45, 2.75) is 26.8 Å². The molecule has 1 heterocycles. The number of rotatable bonds is 6. The molecule has 6 nitrogen and oxygen atoms in total. The van der Waals surface area contributed by atoms with Gasteiger partial charge in [-0.25, -0.2) is 4.68 Å². The Morgan fingerprint density at radius 2 is 2.00 bits per heavy atom. The lowest BCUT2D eigenvalue weighted by atomic mass is 10.2. The number of carbonyl (C=O) groups excluding carboxylic acids is 1. The molecule has 7 heteroatoms. The molecule has 0 saturated heterocycles. The quantitative estimate of drug-likeness (QED) is 0.849. The van der Waals surface area contributed by atoms with Gasteiger partial charge < -0.3 is 10.6 Å². The van der Waals surface area contributed by atoms with Crippen LogP contribution in [0.4, 0.5) is 0 Å². The Kier molecular flexibility index (Phi) is 7.01. The Labute approximate surface area is 136 Å². The minimum atomic E-state index is -0.210. The van der Waals surface area contributed by atoms with Gasteiger partial charge in [0.25, 0.3) is 5.91 Å². The molecule has 0 fully saturated rings. The largest absolute Gasteiger partial charge is 0.349 e. The molecule has 0 spiro atoms. The number of halogens is 1. The first-order chi connectivity index (χ1) is 10.1. The van der Waals surface area contributed by atoms with Gasteiger partial charge in [0.1, 0.15) is 0 Å². The summed E-state index contributed by atoms with van der Waals surface area (Å²) in [6.45, 7) is 7.51. The minimum Gasteiger partial charge on any atom is -0.349 e. The van der Waals surface area contributed by atoms with Crippen molar-refractivity contribution < 1.29 is 4.79 Å². The predicted molar refractivity (Wildman–Crippen MR) is 88.8 cm³/mol. The molecule has 1 atom stereocenters. The fraction of sp³-hybridized carbons (Fsp3) is 0.400. The molecule has 0 aliphatic rings. The van der Waals surface area contributed by atoms with E-state index < -0.39 is 0 Å². The summed E-state index contributed by atoms with van der Waals surface area (Å²) in [6.07, 6.45) is 1.64. The summed E-state index contributed by atoms with van der Waals surface area (Å²) in [5, 5.41) is 14.0. The fourth-order valence-electron chi connectivity index (χ4n) is 1.95. The third-order valence-corrected chi connectivity index (χ3v) is 3.15. The van der Waals surface area contributed by atoms with Gasteiger partial charge in [0.05, 0.1) is 11.9 Å². The summed E-state index contributed by atoms with van der Waals surface area (Å²) in [5.41, 5.74) is 2.38. The molecule has 0 saturated carbocycles. The van der Waals surface area contributed by atoms with Crippen LogP contribution in [0.3, 0.4) is 0 Å². The number of nitrogens with zero attached hydrogens (tertiary/aromatic N) is 3. The van der Waals surface area contributed by atoms with Crippen molar-refractivity contribution in [3.8, 4) is 5.69 Å². The smallest absolute Gasteiger partial charge is 0.273 e. The van der Waals surface area contributed by atoms with E-state index in [1.807, 2.05) is 45.0 Å². The van der Waals surface area contributed by atoms with Crippen molar-refractivity contribution in [3.63, 3.8) is 0 Å². The van der Waals surface area contributed by atoms with Gasteiger partial charge in [-0.2, -0.15) is 0 Å². The second-order valence-corrected chi connectivity index (χ2v) is 5.05. The van der Waals surface area contributed by atoms with Crippen LogP contribution in [-0.4, -0.2) is 40.0 Å². The molecule has 22 heavy (non-hydrogen) atoms. The maximum atomic E-state index is 12.0. The van der Waals surface area contributed by atoms with Crippen molar-refractivity contribution in [1.82, 2.24) is 25.6 Å². The molecule has 0 unspecified atom stereocenters. The number of hydrogen-bond acceptors (Lipinski definition) is 4. The monoisotopic (exact) mass is 323 g/mol. The van der Waals surface area contributed by atoms with Gasteiger partial charge in [-0.05, 0) is 32.5 Å². The number of nitrogens with one attached hydrogen (secondary N) is 2. The Hall–Kier alpha value is -1.92. The van der Waals surface area contributed by atoms with Crippen molar-refractivity contribution in [2.24, 2.45) is 0 Å². The summed E-state index contributed by atoms with van der Waals surface area (Å²) < 4.78 is 1.60. The first-order valence-electron chi connectivity index (χ1n) is 7.11.